The van der Waals surface area contributed by atoms with E-state index >= 15 is 0 Å². The molecule has 1 aliphatic carbocycles. The number of ketones is 1. The van der Waals surface area contributed by atoms with Gasteiger partial charge in [0.2, 0.25) is 0 Å². The minimum Gasteiger partial charge on any atom is -0.478 e. The molecule has 1 fully saturated rings. The molecule has 3 nitrogen and oxygen atoms in total. The number of fused-ring (bicyclic) bond motifs is 3. The summed E-state index contributed by atoms with van der Waals surface area (Å²) in [4.78, 5) is 13.5. The maximum atomic E-state index is 13.5. The van der Waals surface area contributed by atoms with Gasteiger partial charge in [-0.05, 0) is 17.2 Å². The molecular formula is C23H18O3. The molecule has 5 rings (SSSR count). The fourth-order valence-corrected chi connectivity index (χ4v) is 4.53. The van der Waals surface area contributed by atoms with E-state index < -0.39 is 17.1 Å². The van der Waals surface area contributed by atoms with Crippen LogP contribution in [0.25, 0.3) is 0 Å². The molecule has 0 aromatic heterocycles. The van der Waals surface area contributed by atoms with Crippen molar-refractivity contribution in [3.05, 3.63) is 102 Å². The van der Waals surface area contributed by atoms with Crippen LogP contribution >= 0.6 is 0 Å². The molecule has 0 amide bonds. The highest BCUT2D eigenvalue weighted by atomic mass is 16.5. The maximum Gasteiger partial charge on any atom is 0.196 e. The molecule has 0 saturated heterocycles. The van der Waals surface area contributed by atoms with Crippen LogP contribution in [0.15, 0.2) is 84.9 Å². The summed E-state index contributed by atoms with van der Waals surface area (Å²) in [5.41, 5.74) is -0.490. The number of hydrogen-bond acceptors (Lipinski definition) is 3. The van der Waals surface area contributed by atoms with Crippen LogP contribution in [0.5, 0.6) is 5.75 Å². The number of rotatable bonds is 2. The van der Waals surface area contributed by atoms with E-state index in [0.29, 0.717) is 17.7 Å². The van der Waals surface area contributed by atoms with Gasteiger partial charge in [0.05, 0.1) is 5.92 Å². The smallest absolute Gasteiger partial charge is 0.196 e. The van der Waals surface area contributed by atoms with E-state index in [2.05, 4.69) is 0 Å². The minimum absolute atomic E-state index is 0.197. The van der Waals surface area contributed by atoms with Crippen LogP contribution in [0.4, 0.5) is 0 Å². The van der Waals surface area contributed by atoms with Crippen LogP contribution < -0.4 is 4.74 Å². The number of carbonyl (C=O) groups is 1. The summed E-state index contributed by atoms with van der Waals surface area (Å²) >= 11 is 0. The summed E-state index contributed by atoms with van der Waals surface area (Å²) in [7, 11) is 0. The number of hydrogen-bond donors (Lipinski definition) is 1. The van der Waals surface area contributed by atoms with Gasteiger partial charge in [-0.2, -0.15) is 0 Å². The molecule has 2 aliphatic rings. The largest absolute Gasteiger partial charge is 0.478 e. The van der Waals surface area contributed by atoms with Gasteiger partial charge in [0, 0.05) is 12.0 Å². The second kappa shape index (κ2) is 5.29. The van der Waals surface area contributed by atoms with Crippen LogP contribution in [0.2, 0.25) is 0 Å². The van der Waals surface area contributed by atoms with Gasteiger partial charge in [-0.25, -0.2) is 0 Å². The zero-order chi connectivity index (χ0) is 17.8. The van der Waals surface area contributed by atoms with Crippen molar-refractivity contribution in [2.75, 3.05) is 0 Å². The van der Waals surface area contributed by atoms with E-state index in [1.807, 2.05) is 78.9 Å². The molecule has 0 spiro atoms. The second-order valence-corrected chi connectivity index (χ2v) is 7.03. The van der Waals surface area contributed by atoms with Crippen molar-refractivity contribution in [3.8, 4) is 5.75 Å². The number of para-hydroxylation sites is 1. The van der Waals surface area contributed by atoms with E-state index in [1.165, 1.54) is 0 Å². The first-order chi connectivity index (χ1) is 12.7. The van der Waals surface area contributed by atoms with E-state index in [-0.39, 0.29) is 5.78 Å². The molecule has 1 N–H and O–H groups in total. The second-order valence-electron chi connectivity index (χ2n) is 7.03. The van der Waals surface area contributed by atoms with E-state index in [9.17, 15) is 9.90 Å². The van der Waals surface area contributed by atoms with Crippen LogP contribution in [0.3, 0.4) is 0 Å². The Kier molecular flexibility index (Phi) is 3.12. The van der Waals surface area contributed by atoms with Crippen LogP contribution in [-0.2, 0) is 16.0 Å². The third kappa shape index (κ3) is 1.78. The predicted octanol–water partition coefficient (Wildman–Crippen LogP) is 3.92. The Labute approximate surface area is 151 Å². The molecule has 3 heteroatoms. The van der Waals surface area contributed by atoms with Crippen LogP contribution in [0, 0.1) is 0 Å². The zero-order valence-corrected chi connectivity index (χ0v) is 14.1. The Morgan fingerprint density at radius 2 is 1.46 bits per heavy atom. The molecule has 3 aromatic rings. The summed E-state index contributed by atoms with van der Waals surface area (Å²) in [6.45, 7) is 0. The fraction of sp³-hybridized carbons (Fsp3) is 0.174. The Balaban J connectivity index is 1.75. The molecule has 0 unspecified atom stereocenters. The summed E-state index contributed by atoms with van der Waals surface area (Å²) in [5.74, 6) is -0.0222. The first-order valence-electron chi connectivity index (χ1n) is 8.82. The Morgan fingerprint density at radius 1 is 0.846 bits per heavy atom. The third-order valence-electron chi connectivity index (χ3n) is 5.75. The van der Waals surface area contributed by atoms with Crippen molar-refractivity contribution < 1.29 is 14.6 Å². The van der Waals surface area contributed by atoms with Crippen LogP contribution in [-0.4, -0.2) is 10.9 Å². The first kappa shape index (κ1) is 15.4. The van der Waals surface area contributed by atoms with Crippen molar-refractivity contribution in [2.45, 2.75) is 23.5 Å². The number of benzene rings is 3. The van der Waals surface area contributed by atoms with Crippen molar-refractivity contribution in [3.63, 3.8) is 0 Å². The molecule has 1 aliphatic heterocycles. The summed E-state index contributed by atoms with van der Waals surface area (Å²) in [5, 5.41) is 11.8. The number of carbonyl (C=O) groups excluding carboxylic acids is 1. The summed E-state index contributed by atoms with van der Waals surface area (Å²) < 4.78 is 6.36. The lowest BCUT2D eigenvalue weighted by Crippen LogP contribution is -2.48. The molecule has 0 radical (unpaired) electrons. The first-order valence-corrected chi connectivity index (χ1v) is 8.82. The summed E-state index contributed by atoms with van der Waals surface area (Å²) in [6, 6.07) is 26.6. The van der Waals surface area contributed by atoms with Gasteiger partial charge in [0.1, 0.15) is 5.75 Å². The van der Waals surface area contributed by atoms with Crippen molar-refractivity contribution >= 4 is 5.78 Å². The van der Waals surface area contributed by atoms with Crippen molar-refractivity contribution in [2.24, 2.45) is 0 Å². The monoisotopic (exact) mass is 342 g/mol. The normalized spacial score (nSPS) is 29.1. The van der Waals surface area contributed by atoms with Gasteiger partial charge >= 0.3 is 0 Å². The number of ether oxygens (including phenoxy) is 1. The van der Waals surface area contributed by atoms with E-state index in [0.717, 1.165) is 11.1 Å². The average Bonchev–Trinajstić information content (AvgIpc) is 3.09. The highest BCUT2D eigenvalue weighted by Gasteiger charge is 2.71. The van der Waals surface area contributed by atoms with Gasteiger partial charge in [0.15, 0.2) is 17.0 Å². The molecule has 0 bridgehead atoms. The van der Waals surface area contributed by atoms with Crippen molar-refractivity contribution in [1.29, 1.82) is 0 Å². The molecular weight excluding hydrogens is 324 g/mol. The van der Waals surface area contributed by atoms with Gasteiger partial charge < -0.3 is 9.84 Å². The lowest BCUT2D eigenvalue weighted by atomic mass is 9.77. The maximum absolute atomic E-state index is 13.5. The predicted molar refractivity (Wildman–Crippen MR) is 97.9 cm³/mol. The third-order valence-corrected chi connectivity index (χ3v) is 5.75. The zero-order valence-electron chi connectivity index (χ0n) is 14.1. The lowest BCUT2D eigenvalue weighted by molar-refractivity contribution is -0.150. The minimum atomic E-state index is -1.69. The fourth-order valence-electron chi connectivity index (χ4n) is 4.53. The quantitative estimate of drug-likeness (QED) is 0.768. The van der Waals surface area contributed by atoms with E-state index in [1.54, 1.807) is 6.07 Å². The lowest BCUT2D eigenvalue weighted by Gasteiger charge is -2.34. The highest BCUT2D eigenvalue weighted by molar-refractivity contribution is 5.99. The SMILES string of the molecule is O=C1[C@@H](c2ccccc2)C[C@]2(c3ccccc3)Oc3ccccc3[C@@]12O. The van der Waals surface area contributed by atoms with Gasteiger partial charge in [-0.15, -0.1) is 0 Å². The topological polar surface area (TPSA) is 46.5 Å². The number of aliphatic hydroxyl groups is 1. The number of Topliss-reactive ketones (excluding diaryl/α,β-unsaturated/α-hetero) is 1. The standard InChI is InChI=1S/C23H18O3/c24-21-18(16-9-3-1-4-10-16)15-22(17-11-5-2-6-12-17)23(21,25)19-13-7-8-14-20(19)26-22/h1-14,18,25H,15H2/t18-,22-,23-/m1/s1. The van der Waals surface area contributed by atoms with Gasteiger partial charge in [-0.3, -0.25) is 4.79 Å². The molecule has 128 valence electrons. The van der Waals surface area contributed by atoms with Gasteiger partial charge in [-0.1, -0.05) is 78.9 Å². The Morgan fingerprint density at radius 3 is 2.19 bits per heavy atom. The highest BCUT2D eigenvalue weighted by Crippen LogP contribution is 2.63. The molecule has 26 heavy (non-hydrogen) atoms. The molecule has 1 heterocycles. The van der Waals surface area contributed by atoms with Crippen LogP contribution in [0.1, 0.15) is 29.0 Å². The van der Waals surface area contributed by atoms with Gasteiger partial charge in [0.25, 0.3) is 0 Å². The average molecular weight is 342 g/mol. The Hall–Kier alpha value is -2.91. The van der Waals surface area contributed by atoms with Crippen molar-refractivity contribution in [1.82, 2.24) is 0 Å². The molecule has 3 atom stereocenters. The molecule has 3 aromatic carbocycles. The van der Waals surface area contributed by atoms with E-state index in [4.69, 9.17) is 4.74 Å². The Bertz CT molecular complexity index is 983. The molecule has 1 saturated carbocycles. The summed E-state index contributed by atoms with van der Waals surface area (Å²) in [6.07, 6.45) is 0.408.